The van der Waals surface area contributed by atoms with E-state index in [-0.39, 0.29) is 0 Å². The molecule has 104 valence electrons. The van der Waals surface area contributed by atoms with Gasteiger partial charge in [-0.3, -0.25) is 0 Å². The lowest BCUT2D eigenvalue weighted by atomic mass is 10.2. The zero-order valence-corrected chi connectivity index (χ0v) is 12.4. The lowest BCUT2D eigenvalue weighted by Gasteiger charge is -2.25. The third kappa shape index (κ3) is 4.75. The minimum atomic E-state index is 0.940. The molecule has 3 fully saturated rings. The van der Waals surface area contributed by atoms with Gasteiger partial charge in [0.05, 0.1) is 0 Å². The molecule has 2 nitrogen and oxygen atoms in total. The van der Waals surface area contributed by atoms with Gasteiger partial charge in [0.25, 0.3) is 0 Å². The summed E-state index contributed by atoms with van der Waals surface area (Å²) in [7, 11) is 0. The van der Waals surface area contributed by atoms with E-state index in [1.54, 1.807) is 0 Å². The second-order valence-electron chi connectivity index (χ2n) is 6.47. The highest BCUT2D eigenvalue weighted by atomic mass is 32.2. The second-order valence-corrected chi connectivity index (χ2v) is 7.87. The van der Waals surface area contributed by atoms with Crippen molar-refractivity contribution in [1.29, 1.82) is 0 Å². The summed E-state index contributed by atoms with van der Waals surface area (Å²) in [5, 5.41) is 4.40. The molecule has 0 radical (unpaired) electrons. The van der Waals surface area contributed by atoms with Crippen molar-refractivity contribution in [2.45, 2.75) is 43.8 Å². The monoisotopic (exact) mass is 268 g/mol. The molecule has 1 N–H and O–H groups in total. The molecule has 0 bridgehead atoms. The fraction of sp³-hybridized carbons (Fsp3) is 1.00. The fourth-order valence-electron chi connectivity index (χ4n) is 2.90. The first-order valence-electron chi connectivity index (χ1n) is 7.95. The Balaban J connectivity index is 1.32. The fourth-order valence-corrected chi connectivity index (χ4v) is 4.16. The predicted molar refractivity (Wildman–Crippen MR) is 80.2 cm³/mol. The van der Waals surface area contributed by atoms with Crippen LogP contribution in [-0.4, -0.2) is 48.6 Å². The zero-order valence-electron chi connectivity index (χ0n) is 11.6. The summed E-state index contributed by atoms with van der Waals surface area (Å²) in [6.07, 6.45) is 8.78. The number of piperidine rings is 1. The molecule has 0 aromatic rings. The molecule has 1 heterocycles. The van der Waals surface area contributed by atoms with Crippen LogP contribution in [0, 0.1) is 11.8 Å². The van der Waals surface area contributed by atoms with E-state index in [0.29, 0.717) is 0 Å². The van der Waals surface area contributed by atoms with Gasteiger partial charge in [-0.05, 0) is 63.5 Å². The van der Waals surface area contributed by atoms with Crippen molar-refractivity contribution >= 4 is 11.8 Å². The van der Waals surface area contributed by atoms with Crippen LogP contribution in [0.25, 0.3) is 0 Å². The van der Waals surface area contributed by atoms with Crippen molar-refractivity contribution in [2.75, 3.05) is 38.5 Å². The number of hydrogen-bond acceptors (Lipinski definition) is 3. The summed E-state index contributed by atoms with van der Waals surface area (Å²) in [4.78, 5) is 2.78. The largest absolute Gasteiger partial charge is 0.317 e. The Morgan fingerprint density at radius 3 is 2.06 bits per heavy atom. The molecule has 0 aromatic carbocycles. The summed E-state index contributed by atoms with van der Waals surface area (Å²) >= 11 is 2.24. The molecule has 0 atom stereocenters. The van der Waals surface area contributed by atoms with Gasteiger partial charge < -0.3 is 10.2 Å². The van der Waals surface area contributed by atoms with Crippen molar-refractivity contribution < 1.29 is 0 Å². The van der Waals surface area contributed by atoms with Crippen LogP contribution >= 0.6 is 11.8 Å². The minimum absolute atomic E-state index is 0.940. The van der Waals surface area contributed by atoms with E-state index in [9.17, 15) is 0 Å². The highest BCUT2D eigenvalue weighted by molar-refractivity contribution is 7.99. The number of nitrogens with one attached hydrogen (secondary N) is 1. The third-order valence-electron chi connectivity index (χ3n) is 4.47. The molecular weight excluding hydrogens is 240 g/mol. The minimum Gasteiger partial charge on any atom is -0.317 e. The Hall–Kier alpha value is 0.270. The Morgan fingerprint density at radius 1 is 0.889 bits per heavy atom. The Kier molecular flexibility index (Phi) is 4.88. The highest BCUT2D eigenvalue weighted by Gasteiger charge is 2.29. The molecule has 1 aliphatic heterocycles. The molecular formula is C15H28N2S. The van der Waals surface area contributed by atoms with Gasteiger partial charge in [0.2, 0.25) is 0 Å². The molecule has 2 aliphatic carbocycles. The maximum Gasteiger partial charge on any atom is 0.00727 e. The van der Waals surface area contributed by atoms with E-state index < -0.39 is 0 Å². The average Bonchev–Trinajstić information content (AvgIpc) is 3.26. The van der Waals surface area contributed by atoms with E-state index in [2.05, 4.69) is 22.0 Å². The first-order chi connectivity index (χ1) is 8.90. The molecule has 18 heavy (non-hydrogen) atoms. The van der Waals surface area contributed by atoms with Crippen molar-refractivity contribution in [2.24, 2.45) is 11.8 Å². The maximum atomic E-state index is 3.46. The van der Waals surface area contributed by atoms with Crippen LogP contribution in [0.2, 0.25) is 0 Å². The van der Waals surface area contributed by atoms with E-state index in [4.69, 9.17) is 0 Å². The van der Waals surface area contributed by atoms with Crippen LogP contribution < -0.4 is 5.32 Å². The van der Waals surface area contributed by atoms with E-state index in [1.807, 2.05) is 0 Å². The summed E-state index contributed by atoms with van der Waals surface area (Å²) in [6, 6.07) is 0. The second kappa shape index (κ2) is 6.62. The molecule has 0 unspecified atom stereocenters. The van der Waals surface area contributed by atoms with Crippen LogP contribution in [0.1, 0.15) is 38.5 Å². The summed E-state index contributed by atoms with van der Waals surface area (Å²) in [5.41, 5.74) is 0. The zero-order chi connectivity index (χ0) is 12.2. The number of hydrogen-bond donors (Lipinski definition) is 1. The Bertz CT molecular complexity index is 231. The average molecular weight is 268 g/mol. The van der Waals surface area contributed by atoms with Crippen molar-refractivity contribution in [3.05, 3.63) is 0 Å². The van der Waals surface area contributed by atoms with Crippen LogP contribution in [0.3, 0.4) is 0 Å². The van der Waals surface area contributed by atoms with E-state index in [1.165, 1.54) is 77.0 Å². The van der Waals surface area contributed by atoms with Crippen molar-refractivity contribution in [3.8, 4) is 0 Å². The van der Waals surface area contributed by atoms with Crippen molar-refractivity contribution in [3.63, 3.8) is 0 Å². The van der Waals surface area contributed by atoms with E-state index in [0.717, 1.165) is 17.1 Å². The molecule has 0 spiro atoms. The van der Waals surface area contributed by atoms with Gasteiger partial charge in [0.15, 0.2) is 0 Å². The van der Waals surface area contributed by atoms with Crippen molar-refractivity contribution in [1.82, 2.24) is 10.2 Å². The SMILES string of the molecule is C1CC(SCCN(CC2CC2)CC2CC2)CCN1. The Morgan fingerprint density at radius 2 is 1.50 bits per heavy atom. The molecule has 3 heteroatoms. The van der Waals surface area contributed by atoms with Gasteiger partial charge in [-0.15, -0.1) is 0 Å². The topological polar surface area (TPSA) is 15.3 Å². The van der Waals surface area contributed by atoms with Crippen LogP contribution in [0.5, 0.6) is 0 Å². The first-order valence-corrected chi connectivity index (χ1v) is 8.99. The highest BCUT2D eigenvalue weighted by Crippen LogP contribution is 2.33. The lowest BCUT2D eigenvalue weighted by Crippen LogP contribution is -2.32. The van der Waals surface area contributed by atoms with Crippen LogP contribution in [0.4, 0.5) is 0 Å². The quantitative estimate of drug-likeness (QED) is 0.728. The number of nitrogens with zero attached hydrogens (tertiary/aromatic N) is 1. The normalized spacial score (nSPS) is 25.8. The lowest BCUT2D eigenvalue weighted by molar-refractivity contribution is 0.268. The smallest absolute Gasteiger partial charge is 0.00727 e. The standard InChI is InChI=1S/C15H28N2S/c1-2-13(1)11-17(12-14-3-4-14)9-10-18-15-5-7-16-8-6-15/h13-16H,1-12H2. The summed E-state index contributed by atoms with van der Waals surface area (Å²) in [6.45, 7) is 6.64. The van der Waals surface area contributed by atoms with Crippen LogP contribution in [0.15, 0.2) is 0 Å². The molecule has 2 saturated carbocycles. The molecule has 0 aromatic heterocycles. The van der Waals surface area contributed by atoms with Gasteiger partial charge in [-0.1, -0.05) is 0 Å². The third-order valence-corrected chi connectivity index (χ3v) is 5.83. The van der Waals surface area contributed by atoms with Gasteiger partial charge in [0, 0.05) is 30.6 Å². The Labute approximate surface area is 116 Å². The van der Waals surface area contributed by atoms with Gasteiger partial charge >= 0.3 is 0 Å². The molecule has 3 aliphatic rings. The summed E-state index contributed by atoms with van der Waals surface area (Å²) in [5.74, 6) is 3.49. The molecule has 1 saturated heterocycles. The number of rotatable bonds is 8. The number of thioether (sulfide) groups is 1. The van der Waals surface area contributed by atoms with Gasteiger partial charge in [-0.25, -0.2) is 0 Å². The molecule has 3 rings (SSSR count). The first kappa shape index (κ1) is 13.3. The molecule has 0 amide bonds. The maximum absolute atomic E-state index is 3.46. The van der Waals surface area contributed by atoms with Gasteiger partial charge in [0.1, 0.15) is 0 Å². The summed E-state index contributed by atoms with van der Waals surface area (Å²) < 4.78 is 0. The van der Waals surface area contributed by atoms with Crippen LogP contribution in [-0.2, 0) is 0 Å². The van der Waals surface area contributed by atoms with Gasteiger partial charge in [-0.2, -0.15) is 11.8 Å². The van der Waals surface area contributed by atoms with E-state index >= 15 is 0 Å². The predicted octanol–water partition coefficient (Wildman–Crippen LogP) is 2.59.